The fourth-order valence-corrected chi connectivity index (χ4v) is 1.93. The first kappa shape index (κ1) is 15.8. The van der Waals surface area contributed by atoms with Gasteiger partial charge in [0.15, 0.2) is 0 Å². The highest BCUT2D eigenvalue weighted by atomic mass is 35.5. The van der Waals surface area contributed by atoms with Crippen molar-refractivity contribution in [1.82, 2.24) is 0 Å². The third-order valence-corrected chi connectivity index (χ3v) is 3.20. The third-order valence-electron chi connectivity index (χ3n) is 2.91. The first-order chi connectivity index (χ1) is 10.4. The van der Waals surface area contributed by atoms with Gasteiger partial charge in [0.1, 0.15) is 5.82 Å². The van der Waals surface area contributed by atoms with Crippen LogP contribution in [0, 0.1) is 12.7 Å². The molecule has 7 heteroatoms. The van der Waals surface area contributed by atoms with E-state index in [-0.39, 0.29) is 10.6 Å². The van der Waals surface area contributed by atoms with Crippen molar-refractivity contribution in [3.8, 4) is 0 Å². The highest BCUT2D eigenvalue weighted by molar-refractivity contribution is 6.31. The van der Waals surface area contributed by atoms with Gasteiger partial charge in [0.05, 0.1) is 10.6 Å². The average Bonchev–Trinajstić information content (AvgIpc) is 2.45. The Morgan fingerprint density at radius 1 is 1.14 bits per heavy atom. The number of amides is 2. The predicted octanol–water partition coefficient (Wildman–Crippen LogP) is 4.13. The molecule has 0 fully saturated rings. The summed E-state index contributed by atoms with van der Waals surface area (Å²) in [7, 11) is 0. The van der Waals surface area contributed by atoms with Crippen LogP contribution >= 0.6 is 11.6 Å². The molecule has 0 aliphatic rings. The van der Waals surface area contributed by atoms with Gasteiger partial charge in [0.25, 0.3) is 0 Å². The molecule has 0 aromatic heterocycles. The Labute approximate surface area is 130 Å². The maximum absolute atomic E-state index is 13.0. The van der Waals surface area contributed by atoms with Crippen LogP contribution < -0.4 is 10.6 Å². The SMILES string of the molecule is Cc1ccc(C(=O)O)cc1NC(=O)Nc1ccc(F)c(Cl)c1. The number of hydrogen-bond donors (Lipinski definition) is 3. The van der Waals surface area contributed by atoms with E-state index in [9.17, 15) is 14.0 Å². The Hall–Kier alpha value is -2.60. The van der Waals surface area contributed by atoms with Crippen LogP contribution in [0.25, 0.3) is 0 Å². The van der Waals surface area contributed by atoms with Crippen LogP contribution in [0.4, 0.5) is 20.6 Å². The first-order valence-electron chi connectivity index (χ1n) is 6.24. The smallest absolute Gasteiger partial charge is 0.335 e. The number of carbonyl (C=O) groups excluding carboxylic acids is 1. The van der Waals surface area contributed by atoms with Gasteiger partial charge in [0, 0.05) is 11.4 Å². The summed E-state index contributed by atoms with van der Waals surface area (Å²) in [5.41, 5.74) is 1.45. The molecule has 0 heterocycles. The molecule has 3 N–H and O–H groups in total. The second-order valence-electron chi connectivity index (χ2n) is 4.54. The van der Waals surface area contributed by atoms with Gasteiger partial charge in [-0.2, -0.15) is 0 Å². The van der Waals surface area contributed by atoms with Gasteiger partial charge >= 0.3 is 12.0 Å². The maximum atomic E-state index is 13.0. The minimum atomic E-state index is -1.09. The summed E-state index contributed by atoms with van der Waals surface area (Å²) in [6, 6.07) is 7.57. The summed E-state index contributed by atoms with van der Waals surface area (Å²) in [5, 5.41) is 13.9. The molecule has 0 saturated heterocycles. The molecule has 0 aliphatic heterocycles. The lowest BCUT2D eigenvalue weighted by Gasteiger charge is -2.11. The molecule has 2 aromatic rings. The van der Waals surface area contributed by atoms with Gasteiger partial charge in [0.2, 0.25) is 0 Å². The average molecular weight is 323 g/mol. The zero-order chi connectivity index (χ0) is 16.3. The maximum Gasteiger partial charge on any atom is 0.335 e. The largest absolute Gasteiger partial charge is 0.478 e. The van der Waals surface area contributed by atoms with Crippen molar-refractivity contribution < 1.29 is 19.1 Å². The second kappa shape index (κ2) is 6.44. The molecule has 0 spiro atoms. The predicted molar refractivity (Wildman–Crippen MR) is 82.2 cm³/mol. The van der Waals surface area contributed by atoms with E-state index in [2.05, 4.69) is 10.6 Å². The molecule has 0 aliphatic carbocycles. The summed E-state index contributed by atoms with van der Waals surface area (Å²) in [4.78, 5) is 22.8. The lowest BCUT2D eigenvalue weighted by atomic mass is 10.1. The van der Waals surface area contributed by atoms with Crippen molar-refractivity contribution in [3.05, 3.63) is 58.4 Å². The molecular formula is C15H12ClFN2O3. The Kier molecular flexibility index (Phi) is 4.62. The summed E-state index contributed by atoms with van der Waals surface area (Å²) >= 11 is 5.63. The van der Waals surface area contributed by atoms with Crippen LogP contribution in [0.1, 0.15) is 15.9 Å². The highest BCUT2D eigenvalue weighted by Gasteiger charge is 2.10. The first-order valence-corrected chi connectivity index (χ1v) is 6.61. The van der Waals surface area contributed by atoms with Gasteiger partial charge in [-0.25, -0.2) is 14.0 Å². The summed E-state index contributed by atoms with van der Waals surface area (Å²) in [6.07, 6.45) is 0. The number of carboxylic acid groups (broad SMARTS) is 1. The fraction of sp³-hybridized carbons (Fsp3) is 0.0667. The van der Waals surface area contributed by atoms with Crippen LogP contribution in [0.3, 0.4) is 0 Å². The minimum Gasteiger partial charge on any atom is -0.478 e. The highest BCUT2D eigenvalue weighted by Crippen LogP contribution is 2.20. The number of halogens is 2. The van der Waals surface area contributed by atoms with Crippen molar-refractivity contribution >= 4 is 35.0 Å². The van der Waals surface area contributed by atoms with E-state index in [1.807, 2.05) is 0 Å². The Morgan fingerprint density at radius 2 is 1.86 bits per heavy atom. The normalized spacial score (nSPS) is 10.1. The molecule has 5 nitrogen and oxygen atoms in total. The molecule has 2 aromatic carbocycles. The number of aryl methyl sites for hydroxylation is 1. The van der Waals surface area contributed by atoms with E-state index < -0.39 is 17.8 Å². The molecule has 114 valence electrons. The van der Waals surface area contributed by atoms with Gasteiger partial charge < -0.3 is 15.7 Å². The van der Waals surface area contributed by atoms with Gasteiger partial charge in [-0.1, -0.05) is 17.7 Å². The summed E-state index contributed by atoms with van der Waals surface area (Å²) in [6.45, 7) is 1.73. The lowest BCUT2D eigenvalue weighted by molar-refractivity contribution is 0.0697. The number of anilines is 2. The van der Waals surface area contributed by atoms with E-state index >= 15 is 0 Å². The number of nitrogens with one attached hydrogen (secondary N) is 2. The number of benzene rings is 2. The van der Waals surface area contributed by atoms with Crippen molar-refractivity contribution in [2.45, 2.75) is 6.92 Å². The second-order valence-corrected chi connectivity index (χ2v) is 4.95. The van der Waals surface area contributed by atoms with Crippen LogP contribution in [0.2, 0.25) is 5.02 Å². The Morgan fingerprint density at radius 3 is 2.50 bits per heavy atom. The standard InChI is InChI=1S/C15H12ClFN2O3/c1-8-2-3-9(14(20)21)6-13(8)19-15(22)18-10-4-5-12(17)11(16)7-10/h2-7H,1H3,(H,20,21)(H2,18,19,22). The molecule has 2 rings (SSSR count). The van der Waals surface area contributed by atoms with Crippen molar-refractivity contribution in [1.29, 1.82) is 0 Å². The van der Waals surface area contributed by atoms with Gasteiger partial charge in [-0.15, -0.1) is 0 Å². The van der Waals surface area contributed by atoms with E-state index in [0.717, 1.165) is 6.07 Å². The molecular weight excluding hydrogens is 311 g/mol. The van der Waals surface area contributed by atoms with E-state index in [0.29, 0.717) is 16.9 Å². The Balaban J connectivity index is 2.13. The Bertz CT molecular complexity index is 750. The number of hydrogen-bond acceptors (Lipinski definition) is 2. The number of carboxylic acids is 1. The molecule has 0 radical (unpaired) electrons. The molecule has 0 unspecified atom stereocenters. The van der Waals surface area contributed by atoms with Crippen molar-refractivity contribution in [2.75, 3.05) is 10.6 Å². The quantitative estimate of drug-likeness (QED) is 0.795. The summed E-state index contributed by atoms with van der Waals surface area (Å²) < 4.78 is 13.0. The van der Waals surface area contributed by atoms with Crippen molar-refractivity contribution in [3.63, 3.8) is 0 Å². The zero-order valence-corrected chi connectivity index (χ0v) is 12.2. The summed E-state index contributed by atoms with van der Waals surface area (Å²) in [5.74, 6) is -1.67. The lowest BCUT2D eigenvalue weighted by Crippen LogP contribution is -2.20. The van der Waals surface area contributed by atoms with Gasteiger partial charge in [-0.3, -0.25) is 0 Å². The van der Waals surface area contributed by atoms with Crippen LogP contribution in [0.15, 0.2) is 36.4 Å². The van der Waals surface area contributed by atoms with E-state index in [1.54, 1.807) is 13.0 Å². The molecule has 0 atom stereocenters. The van der Waals surface area contributed by atoms with Crippen LogP contribution in [-0.2, 0) is 0 Å². The zero-order valence-electron chi connectivity index (χ0n) is 11.5. The number of aromatic carboxylic acids is 1. The molecule has 2 amide bonds. The number of carbonyl (C=O) groups is 2. The fourth-order valence-electron chi connectivity index (χ4n) is 1.75. The molecule has 0 bridgehead atoms. The number of urea groups is 1. The topological polar surface area (TPSA) is 78.4 Å². The van der Waals surface area contributed by atoms with Crippen molar-refractivity contribution in [2.24, 2.45) is 0 Å². The number of rotatable bonds is 3. The third kappa shape index (κ3) is 3.73. The van der Waals surface area contributed by atoms with Crippen LogP contribution in [0.5, 0.6) is 0 Å². The monoisotopic (exact) mass is 322 g/mol. The minimum absolute atomic E-state index is 0.0609. The van der Waals surface area contributed by atoms with Crippen LogP contribution in [-0.4, -0.2) is 17.1 Å². The van der Waals surface area contributed by atoms with E-state index in [1.165, 1.54) is 24.3 Å². The molecule has 0 saturated carbocycles. The van der Waals surface area contributed by atoms with Gasteiger partial charge in [-0.05, 0) is 42.8 Å². The molecule has 22 heavy (non-hydrogen) atoms. The van der Waals surface area contributed by atoms with E-state index in [4.69, 9.17) is 16.7 Å².